The van der Waals surface area contributed by atoms with Crippen LogP contribution in [0.25, 0.3) is 0 Å². The van der Waals surface area contributed by atoms with E-state index in [-0.39, 0.29) is 5.75 Å². The molecule has 2 nitrogen and oxygen atoms in total. The Kier molecular flexibility index (Phi) is 8.01. The highest BCUT2D eigenvalue weighted by molar-refractivity contribution is 7.13. The van der Waals surface area contributed by atoms with E-state index in [4.69, 9.17) is 4.74 Å². The minimum Gasteiger partial charge on any atom is -0.547 e. The van der Waals surface area contributed by atoms with Gasteiger partial charge in [-0.3, -0.25) is 0 Å². The van der Waals surface area contributed by atoms with Crippen molar-refractivity contribution in [3.8, 4) is 5.75 Å². The molecule has 18 heteroatoms. The summed E-state index contributed by atoms with van der Waals surface area (Å²) in [5, 5.41) is 1.56. The summed E-state index contributed by atoms with van der Waals surface area (Å²) < 4.78 is 226. The standard InChI is InChI=1S/C25H8BF15NO/c1-43-7-4-2-6(3-5-7)42-26(8-11(27)17(33)23(39)18(34)12(8)28,9-13(29)19(35)24(40)20(36)14(9)30)10-15(31)21(37)25(41)22(38)16(10)32/h2-5,42H,1H3/q-1. The van der Waals surface area contributed by atoms with Gasteiger partial charge in [0.05, 0.1) is 7.11 Å². The van der Waals surface area contributed by atoms with Gasteiger partial charge in [-0.15, -0.1) is 16.4 Å². The van der Waals surface area contributed by atoms with E-state index in [9.17, 15) is 39.5 Å². The van der Waals surface area contributed by atoms with Crippen LogP contribution in [-0.2, 0) is 0 Å². The van der Waals surface area contributed by atoms with Crippen molar-refractivity contribution in [3.63, 3.8) is 0 Å². The highest BCUT2D eigenvalue weighted by Crippen LogP contribution is 2.29. The van der Waals surface area contributed by atoms with Crippen LogP contribution in [0.1, 0.15) is 0 Å². The topological polar surface area (TPSA) is 21.3 Å². The first-order valence-electron chi connectivity index (χ1n) is 11.2. The minimum absolute atomic E-state index is 0.0904. The summed E-state index contributed by atoms with van der Waals surface area (Å²) in [5.41, 5.74) is -9.21. The fourth-order valence-electron chi connectivity index (χ4n) is 4.59. The fraction of sp³-hybridized carbons (Fsp3) is 0.0400. The second-order valence-corrected chi connectivity index (χ2v) is 8.69. The van der Waals surface area contributed by atoms with Crippen molar-refractivity contribution in [1.82, 2.24) is 0 Å². The van der Waals surface area contributed by atoms with Gasteiger partial charge in [0.25, 0.3) is 0 Å². The van der Waals surface area contributed by atoms with Crippen molar-refractivity contribution in [2.45, 2.75) is 0 Å². The van der Waals surface area contributed by atoms with Gasteiger partial charge in [-0.05, 0) is 30.0 Å². The number of anilines is 1. The number of rotatable bonds is 6. The third kappa shape index (κ3) is 4.50. The second kappa shape index (κ2) is 11.0. The summed E-state index contributed by atoms with van der Waals surface area (Å²) in [4.78, 5) is 0. The van der Waals surface area contributed by atoms with Crippen LogP contribution in [0.5, 0.6) is 5.75 Å². The second-order valence-electron chi connectivity index (χ2n) is 8.69. The number of benzene rings is 4. The summed E-state index contributed by atoms with van der Waals surface area (Å²) in [6.07, 6.45) is -5.90. The van der Waals surface area contributed by atoms with E-state index in [2.05, 4.69) is 0 Å². The Labute approximate surface area is 229 Å². The molecule has 0 atom stereocenters. The molecular formula is C25H8BF15NO-. The highest BCUT2D eigenvalue weighted by Gasteiger charge is 2.48. The Balaban J connectivity index is 2.44. The molecule has 0 fully saturated rings. The van der Waals surface area contributed by atoms with E-state index in [1.54, 1.807) is 5.23 Å². The fourth-order valence-corrected chi connectivity index (χ4v) is 4.59. The van der Waals surface area contributed by atoms with Gasteiger partial charge >= 0.3 is 0 Å². The Morgan fingerprint density at radius 2 is 0.628 bits per heavy atom. The summed E-state index contributed by atoms with van der Waals surface area (Å²) in [7, 11) is 1.08. The van der Waals surface area contributed by atoms with Gasteiger partial charge in [-0.1, -0.05) is 0 Å². The van der Waals surface area contributed by atoms with Crippen LogP contribution in [-0.4, -0.2) is 13.4 Å². The number of halogens is 15. The van der Waals surface area contributed by atoms with Crippen LogP contribution in [0.3, 0.4) is 0 Å². The van der Waals surface area contributed by atoms with Gasteiger partial charge in [-0.2, -0.15) is 0 Å². The van der Waals surface area contributed by atoms with Crippen molar-refractivity contribution < 1.29 is 70.6 Å². The first-order valence-corrected chi connectivity index (χ1v) is 11.2. The van der Waals surface area contributed by atoms with Gasteiger partial charge in [0.2, 0.25) is 0 Å². The van der Waals surface area contributed by atoms with Crippen LogP contribution in [0.2, 0.25) is 0 Å². The molecule has 0 radical (unpaired) electrons. The largest absolute Gasteiger partial charge is 0.547 e. The lowest BCUT2D eigenvalue weighted by Crippen LogP contribution is -2.78. The maximum absolute atomic E-state index is 15.4. The van der Waals surface area contributed by atoms with Gasteiger partial charge < -0.3 is 9.96 Å². The normalized spacial score (nSPS) is 11.7. The molecule has 0 aromatic heterocycles. The zero-order valence-electron chi connectivity index (χ0n) is 20.5. The molecule has 0 saturated carbocycles. The molecular weight excluding hydrogens is 626 g/mol. The predicted molar refractivity (Wildman–Crippen MR) is 120 cm³/mol. The van der Waals surface area contributed by atoms with E-state index in [0.29, 0.717) is 12.1 Å². The van der Waals surface area contributed by atoms with E-state index in [1.807, 2.05) is 0 Å². The van der Waals surface area contributed by atoms with Crippen LogP contribution in [0.4, 0.5) is 71.5 Å². The molecule has 0 heterocycles. The lowest BCUT2D eigenvalue weighted by Gasteiger charge is -2.45. The van der Waals surface area contributed by atoms with E-state index in [1.165, 1.54) is 0 Å². The van der Waals surface area contributed by atoms with Crippen LogP contribution < -0.4 is 26.4 Å². The maximum atomic E-state index is 15.4. The molecule has 1 N–H and O–H groups in total. The Bertz CT molecular complexity index is 1540. The lowest BCUT2D eigenvalue weighted by molar-refractivity contribution is 0.379. The molecule has 0 aliphatic carbocycles. The zero-order valence-corrected chi connectivity index (χ0v) is 20.5. The Morgan fingerprint density at radius 3 is 0.860 bits per heavy atom. The Morgan fingerprint density at radius 1 is 0.395 bits per heavy atom. The molecule has 4 aromatic carbocycles. The van der Waals surface area contributed by atoms with Gasteiger partial charge in [-0.25, -0.2) is 65.9 Å². The molecule has 4 aromatic rings. The van der Waals surface area contributed by atoms with E-state index < -0.39 is 116 Å². The summed E-state index contributed by atoms with van der Waals surface area (Å²) in [5.74, 6) is -46.2. The van der Waals surface area contributed by atoms with Crippen molar-refractivity contribution in [3.05, 3.63) is 112 Å². The van der Waals surface area contributed by atoms with Crippen LogP contribution in [0, 0.1) is 87.3 Å². The van der Waals surface area contributed by atoms with Crippen LogP contribution in [0.15, 0.2) is 24.3 Å². The molecule has 0 saturated heterocycles. The molecule has 0 aliphatic rings. The molecule has 0 spiro atoms. The molecule has 43 heavy (non-hydrogen) atoms. The van der Waals surface area contributed by atoms with Crippen molar-refractivity contribution >= 4 is 28.4 Å². The average Bonchev–Trinajstić information content (AvgIpc) is 2.99. The zero-order chi connectivity index (χ0) is 32.3. The maximum Gasteiger partial charge on any atom is 0.200 e. The SMILES string of the molecule is COc1ccc(N[B-](c2c(F)c(F)c(F)c(F)c2F)(c2c(F)c(F)c(F)c(F)c2F)c2c(F)c(F)c(F)c(F)c2F)cc1. The monoisotopic (exact) mass is 634 g/mol. The molecule has 0 aliphatic heterocycles. The first kappa shape index (κ1) is 31.4. The average molecular weight is 634 g/mol. The molecule has 4 rings (SSSR count). The number of ether oxygens (including phenoxy) is 1. The van der Waals surface area contributed by atoms with Crippen LogP contribution >= 0.6 is 0 Å². The van der Waals surface area contributed by atoms with Gasteiger partial charge in [0.15, 0.2) is 58.6 Å². The van der Waals surface area contributed by atoms with Crippen molar-refractivity contribution in [2.24, 2.45) is 0 Å². The predicted octanol–water partition coefficient (Wildman–Crippen LogP) is 5.86. The summed E-state index contributed by atoms with van der Waals surface area (Å²) >= 11 is 0. The molecule has 0 amide bonds. The molecule has 0 bridgehead atoms. The third-order valence-electron chi connectivity index (χ3n) is 6.50. The van der Waals surface area contributed by atoms with E-state index >= 15 is 26.3 Å². The van der Waals surface area contributed by atoms with Crippen molar-refractivity contribution in [2.75, 3.05) is 12.3 Å². The smallest absolute Gasteiger partial charge is 0.200 e. The number of methoxy groups -OCH3 is 1. The summed E-state index contributed by atoms with van der Waals surface area (Å²) in [6.45, 7) is 0. The quantitative estimate of drug-likeness (QED) is 0.124. The Hall–Kier alpha value is -4.51. The van der Waals surface area contributed by atoms with Gasteiger partial charge in [0.1, 0.15) is 40.7 Å². The summed E-state index contributed by atoms with van der Waals surface area (Å²) in [6, 6.07) is 3.11. The van der Waals surface area contributed by atoms with E-state index in [0.717, 1.165) is 19.2 Å². The molecule has 0 unspecified atom stereocenters. The number of nitrogens with one attached hydrogen (secondary N) is 1. The third-order valence-corrected chi connectivity index (χ3v) is 6.50. The first-order chi connectivity index (χ1) is 20.0. The number of hydrogen-bond acceptors (Lipinski definition) is 2. The lowest BCUT2D eigenvalue weighted by atomic mass is 9.23. The highest BCUT2D eigenvalue weighted by atomic mass is 19.2. The van der Waals surface area contributed by atoms with Crippen molar-refractivity contribution in [1.29, 1.82) is 0 Å². The number of hydrogen-bond donors (Lipinski definition) is 1. The molecule has 228 valence electrons. The minimum atomic E-state index is -5.90. The van der Waals surface area contributed by atoms with Gasteiger partial charge in [0, 0.05) is 0 Å².